The standard InChI is InChI=1S/C20H32O4/c1-18(11-21)8-12(22)9-20(3)14-6-7-19(2)16(23)10-24-17(19)13(14)4-5-15(18)20/h12,15-17,21-23H,4-11H2,1-3H3. The van der Waals surface area contributed by atoms with Gasteiger partial charge in [-0.1, -0.05) is 26.3 Å². The molecule has 3 N–H and O–H groups in total. The predicted molar refractivity (Wildman–Crippen MR) is 91.4 cm³/mol. The maximum Gasteiger partial charge on any atom is 0.0868 e. The Morgan fingerprint density at radius 2 is 1.88 bits per heavy atom. The van der Waals surface area contributed by atoms with Gasteiger partial charge in [-0.3, -0.25) is 0 Å². The first kappa shape index (κ1) is 17.0. The Hall–Kier alpha value is -0.420. The molecule has 0 aromatic rings. The Morgan fingerprint density at radius 3 is 2.58 bits per heavy atom. The van der Waals surface area contributed by atoms with Crippen molar-refractivity contribution in [3.05, 3.63) is 11.1 Å². The summed E-state index contributed by atoms with van der Waals surface area (Å²) in [6.07, 6.45) is 4.80. The number of ether oxygens (including phenoxy) is 1. The lowest BCUT2D eigenvalue weighted by molar-refractivity contribution is -0.0973. The Morgan fingerprint density at radius 1 is 1.12 bits per heavy atom. The van der Waals surface area contributed by atoms with E-state index < -0.39 is 0 Å². The van der Waals surface area contributed by atoms with Gasteiger partial charge in [0.05, 0.1) is 24.9 Å². The second kappa shape index (κ2) is 5.29. The Balaban J connectivity index is 1.78. The molecule has 1 aliphatic heterocycles. The molecule has 4 rings (SSSR count). The average Bonchev–Trinajstić information content (AvgIpc) is 2.82. The molecule has 1 saturated carbocycles. The molecule has 0 amide bonds. The molecule has 2 fully saturated rings. The Kier molecular flexibility index (Phi) is 3.75. The van der Waals surface area contributed by atoms with E-state index in [4.69, 9.17) is 4.74 Å². The van der Waals surface area contributed by atoms with Gasteiger partial charge in [0.1, 0.15) is 0 Å². The van der Waals surface area contributed by atoms with Crippen molar-refractivity contribution >= 4 is 0 Å². The summed E-state index contributed by atoms with van der Waals surface area (Å²) in [5, 5.41) is 31.0. The lowest BCUT2D eigenvalue weighted by Gasteiger charge is -2.59. The van der Waals surface area contributed by atoms with E-state index >= 15 is 0 Å². The van der Waals surface area contributed by atoms with Crippen LogP contribution in [0.4, 0.5) is 0 Å². The molecule has 4 aliphatic rings. The highest BCUT2D eigenvalue weighted by atomic mass is 16.5. The van der Waals surface area contributed by atoms with Crippen molar-refractivity contribution < 1.29 is 20.1 Å². The summed E-state index contributed by atoms with van der Waals surface area (Å²) in [6, 6.07) is 0. The normalized spacial score (nSPS) is 54.2. The minimum absolute atomic E-state index is 0.0356. The van der Waals surface area contributed by atoms with Crippen molar-refractivity contribution in [1.82, 2.24) is 0 Å². The number of rotatable bonds is 1. The monoisotopic (exact) mass is 336 g/mol. The third-order valence-electron chi connectivity index (χ3n) is 8.12. The van der Waals surface area contributed by atoms with E-state index in [0.29, 0.717) is 18.9 Å². The van der Waals surface area contributed by atoms with Crippen LogP contribution in [-0.2, 0) is 4.74 Å². The van der Waals surface area contributed by atoms with Crippen LogP contribution < -0.4 is 0 Å². The third-order valence-corrected chi connectivity index (χ3v) is 8.12. The highest BCUT2D eigenvalue weighted by molar-refractivity contribution is 5.36. The molecule has 3 aliphatic carbocycles. The summed E-state index contributed by atoms with van der Waals surface area (Å²) in [4.78, 5) is 0. The van der Waals surface area contributed by atoms with E-state index in [0.717, 1.165) is 32.1 Å². The number of fused-ring (bicyclic) bond motifs is 4. The van der Waals surface area contributed by atoms with Crippen LogP contribution in [0.3, 0.4) is 0 Å². The van der Waals surface area contributed by atoms with E-state index in [-0.39, 0.29) is 41.2 Å². The molecular formula is C20H32O4. The van der Waals surface area contributed by atoms with Crippen LogP contribution in [0.1, 0.15) is 59.3 Å². The smallest absolute Gasteiger partial charge is 0.0868 e. The van der Waals surface area contributed by atoms with Gasteiger partial charge in [-0.25, -0.2) is 0 Å². The van der Waals surface area contributed by atoms with Crippen LogP contribution in [0, 0.1) is 22.2 Å². The fourth-order valence-corrected chi connectivity index (χ4v) is 6.82. The van der Waals surface area contributed by atoms with Gasteiger partial charge in [0.25, 0.3) is 0 Å². The third kappa shape index (κ3) is 2.06. The van der Waals surface area contributed by atoms with E-state index in [9.17, 15) is 15.3 Å². The van der Waals surface area contributed by atoms with Gasteiger partial charge in [0, 0.05) is 12.0 Å². The van der Waals surface area contributed by atoms with Gasteiger partial charge < -0.3 is 20.1 Å². The molecule has 0 radical (unpaired) electrons. The maximum absolute atomic E-state index is 10.5. The molecule has 4 nitrogen and oxygen atoms in total. The average molecular weight is 336 g/mol. The maximum atomic E-state index is 10.5. The lowest BCUT2D eigenvalue weighted by atomic mass is 9.47. The number of allylic oxidation sites excluding steroid dienone is 1. The highest BCUT2D eigenvalue weighted by Crippen LogP contribution is 2.64. The minimum atomic E-state index is -0.373. The Bertz CT molecular complexity index is 572. The van der Waals surface area contributed by atoms with Crippen molar-refractivity contribution in [2.75, 3.05) is 13.2 Å². The van der Waals surface area contributed by atoms with Gasteiger partial charge in [-0.15, -0.1) is 0 Å². The second-order valence-corrected chi connectivity index (χ2v) is 9.62. The van der Waals surface area contributed by atoms with Gasteiger partial charge in [-0.05, 0) is 60.8 Å². The fraction of sp³-hybridized carbons (Fsp3) is 0.900. The van der Waals surface area contributed by atoms with E-state index in [2.05, 4.69) is 20.8 Å². The van der Waals surface area contributed by atoms with Crippen LogP contribution in [0.5, 0.6) is 0 Å². The predicted octanol–water partition coefficient (Wildman–Crippen LogP) is 2.41. The summed E-state index contributed by atoms with van der Waals surface area (Å²) < 4.78 is 6.05. The SMILES string of the molecule is CC1(CO)CC(O)CC2(C)C3=C(CCC12)C1OCC(O)C1(C)CC3. The summed E-state index contributed by atoms with van der Waals surface area (Å²) in [7, 11) is 0. The van der Waals surface area contributed by atoms with E-state index in [1.54, 1.807) is 0 Å². The van der Waals surface area contributed by atoms with Crippen LogP contribution in [0.25, 0.3) is 0 Å². The molecule has 7 atom stereocenters. The summed E-state index contributed by atoms with van der Waals surface area (Å²) in [6.45, 7) is 7.20. The van der Waals surface area contributed by atoms with E-state index in [1.807, 2.05) is 0 Å². The van der Waals surface area contributed by atoms with Crippen LogP contribution in [0.15, 0.2) is 11.1 Å². The zero-order valence-electron chi connectivity index (χ0n) is 15.2. The molecule has 1 heterocycles. The first-order valence-corrected chi connectivity index (χ1v) is 9.55. The van der Waals surface area contributed by atoms with Gasteiger partial charge in [0.2, 0.25) is 0 Å². The van der Waals surface area contributed by atoms with Crippen LogP contribution >= 0.6 is 0 Å². The van der Waals surface area contributed by atoms with Crippen molar-refractivity contribution in [1.29, 1.82) is 0 Å². The topological polar surface area (TPSA) is 69.9 Å². The van der Waals surface area contributed by atoms with Crippen LogP contribution in [0.2, 0.25) is 0 Å². The minimum Gasteiger partial charge on any atom is -0.396 e. The summed E-state index contributed by atoms with van der Waals surface area (Å²) in [5.41, 5.74) is 2.44. The first-order chi connectivity index (χ1) is 11.2. The highest BCUT2D eigenvalue weighted by Gasteiger charge is 2.59. The molecule has 7 unspecified atom stereocenters. The second-order valence-electron chi connectivity index (χ2n) is 9.62. The lowest BCUT2D eigenvalue weighted by Crippen LogP contribution is -2.54. The molecule has 1 saturated heterocycles. The van der Waals surface area contributed by atoms with E-state index in [1.165, 1.54) is 11.1 Å². The summed E-state index contributed by atoms with van der Waals surface area (Å²) >= 11 is 0. The number of hydrogen-bond donors (Lipinski definition) is 3. The number of aliphatic hydroxyl groups excluding tert-OH is 3. The summed E-state index contributed by atoms with van der Waals surface area (Å²) in [5.74, 6) is 0.410. The molecule has 4 heteroatoms. The van der Waals surface area contributed by atoms with Crippen molar-refractivity contribution in [2.24, 2.45) is 22.2 Å². The molecule has 0 bridgehead atoms. The molecule has 136 valence electrons. The van der Waals surface area contributed by atoms with Crippen molar-refractivity contribution in [3.8, 4) is 0 Å². The zero-order valence-corrected chi connectivity index (χ0v) is 15.2. The fourth-order valence-electron chi connectivity index (χ4n) is 6.82. The largest absolute Gasteiger partial charge is 0.396 e. The van der Waals surface area contributed by atoms with Crippen molar-refractivity contribution in [2.45, 2.75) is 77.6 Å². The Labute approximate surface area is 144 Å². The van der Waals surface area contributed by atoms with Crippen molar-refractivity contribution in [3.63, 3.8) is 0 Å². The molecule has 0 aromatic carbocycles. The molecule has 24 heavy (non-hydrogen) atoms. The zero-order chi connectivity index (χ0) is 17.3. The quantitative estimate of drug-likeness (QED) is 0.643. The van der Waals surface area contributed by atoms with Gasteiger partial charge >= 0.3 is 0 Å². The molecular weight excluding hydrogens is 304 g/mol. The van der Waals surface area contributed by atoms with Crippen LogP contribution in [-0.4, -0.2) is 46.8 Å². The molecule has 0 aromatic heterocycles. The molecule has 0 spiro atoms. The van der Waals surface area contributed by atoms with Gasteiger partial charge in [-0.2, -0.15) is 0 Å². The first-order valence-electron chi connectivity index (χ1n) is 9.55. The van der Waals surface area contributed by atoms with Gasteiger partial charge in [0.15, 0.2) is 0 Å². The number of aliphatic hydroxyl groups is 3. The number of hydrogen-bond acceptors (Lipinski definition) is 4.